The Kier molecular flexibility index (Phi) is 4.17. The van der Waals surface area contributed by atoms with Crippen LogP contribution in [-0.2, 0) is 11.2 Å². The first-order valence-corrected chi connectivity index (χ1v) is 9.62. The van der Waals surface area contributed by atoms with Gasteiger partial charge in [-0.05, 0) is 54.7 Å². The van der Waals surface area contributed by atoms with Crippen LogP contribution in [0.4, 0.5) is 0 Å². The summed E-state index contributed by atoms with van der Waals surface area (Å²) in [6.07, 6.45) is 0.863. The number of Topliss-reactive ketones (excluding diaryl/α,β-unsaturated/α-hetero) is 1. The van der Waals surface area contributed by atoms with Crippen molar-refractivity contribution in [3.8, 4) is 11.1 Å². The van der Waals surface area contributed by atoms with Crippen LogP contribution >= 0.6 is 0 Å². The highest BCUT2D eigenvalue weighted by Gasteiger charge is 2.21. The van der Waals surface area contributed by atoms with E-state index < -0.39 is 5.97 Å². The number of aromatic nitrogens is 4. The second-order valence-electron chi connectivity index (χ2n) is 7.39. The predicted molar refractivity (Wildman–Crippen MR) is 110 cm³/mol. The van der Waals surface area contributed by atoms with Crippen LogP contribution in [0.25, 0.3) is 16.9 Å². The van der Waals surface area contributed by atoms with E-state index >= 15 is 0 Å². The number of aryl methyl sites for hydroxylation is 2. The summed E-state index contributed by atoms with van der Waals surface area (Å²) >= 11 is 0. The van der Waals surface area contributed by atoms with Gasteiger partial charge in [-0.2, -0.15) is 4.98 Å². The molecule has 2 aromatic carbocycles. The Morgan fingerprint density at radius 2 is 1.80 bits per heavy atom. The van der Waals surface area contributed by atoms with Gasteiger partial charge in [0.05, 0.1) is 0 Å². The van der Waals surface area contributed by atoms with Gasteiger partial charge in [0.15, 0.2) is 12.4 Å². The van der Waals surface area contributed by atoms with Crippen molar-refractivity contribution < 1.29 is 14.3 Å². The van der Waals surface area contributed by atoms with Crippen LogP contribution in [0.1, 0.15) is 43.5 Å². The molecule has 0 bridgehead atoms. The highest BCUT2D eigenvalue weighted by molar-refractivity contribution is 6.00. The average Bonchev–Trinajstić information content (AvgIpc) is 3.33. The Morgan fingerprint density at radius 1 is 1.00 bits per heavy atom. The maximum Gasteiger partial charge on any atom is 0.378 e. The van der Waals surface area contributed by atoms with Crippen LogP contribution in [0.5, 0.6) is 0 Å². The second-order valence-corrected chi connectivity index (χ2v) is 7.39. The van der Waals surface area contributed by atoms with Crippen LogP contribution in [0.3, 0.4) is 0 Å². The van der Waals surface area contributed by atoms with E-state index in [-0.39, 0.29) is 18.2 Å². The van der Waals surface area contributed by atoms with Crippen molar-refractivity contribution in [3.05, 3.63) is 82.4 Å². The van der Waals surface area contributed by atoms with Gasteiger partial charge in [-0.15, -0.1) is 5.10 Å². The molecule has 0 unspecified atom stereocenters. The molecule has 1 aliphatic carbocycles. The van der Waals surface area contributed by atoms with Crippen LogP contribution in [-0.4, -0.2) is 37.9 Å². The summed E-state index contributed by atoms with van der Waals surface area (Å²) in [6, 6.07) is 15.6. The first kappa shape index (κ1) is 18.2. The Labute approximate surface area is 172 Å². The fraction of sp³-hybridized carbons (Fsp3) is 0.174. The molecule has 2 aromatic heterocycles. The van der Waals surface area contributed by atoms with Gasteiger partial charge < -0.3 is 4.74 Å². The van der Waals surface area contributed by atoms with Crippen molar-refractivity contribution >= 4 is 17.5 Å². The van der Waals surface area contributed by atoms with E-state index in [1.165, 1.54) is 15.6 Å². The summed E-state index contributed by atoms with van der Waals surface area (Å²) in [6.45, 7) is 3.31. The number of carbonyl (C=O) groups excluding carboxylic acids is 2. The van der Waals surface area contributed by atoms with Crippen molar-refractivity contribution in [1.82, 2.24) is 19.6 Å². The molecule has 7 nitrogen and oxygen atoms in total. The number of fused-ring (bicyclic) bond motifs is 4. The van der Waals surface area contributed by atoms with Gasteiger partial charge in [0, 0.05) is 17.0 Å². The second kappa shape index (κ2) is 6.88. The van der Waals surface area contributed by atoms with E-state index in [1.54, 1.807) is 6.07 Å². The third-order valence-electron chi connectivity index (χ3n) is 5.26. The van der Waals surface area contributed by atoms with Gasteiger partial charge in [-0.25, -0.2) is 14.3 Å². The van der Waals surface area contributed by atoms with E-state index in [4.69, 9.17) is 4.74 Å². The van der Waals surface area contributed by atoms with E-state index in [0.29, 0.717) is 11.3 Å². The number of benzene rings is 2. The van der Waals surface area contributed by atoms with Gasteiger partial charge in [0.25, 0.3) is 11.6 Å². The fourth-order valence-corrected chi connectivity index (χ4v) is 3.83. The molecule has 4 aromatic rings. The lowest BCUT2D eigenvalue weighted by molar-refractivity contribution is 0.0463. The molecular formula is C23H18N4O3. The molecule has 0 aliphatic heterocycles. The third kappa shape index (κ3) is 3.04. The van der Waals surface area contributed by atoms with E-state index in [9.17, 15) is 9.59 Å². The molecule has 7 heteroatoms. The van der Waals surface area contributed by atoms with E-state index in [0.717, 1.165) is 28.9 Å². The number of ketones is 1. The molecule has 0 amide bonds. The maximum atomic E-state index is 12.6. The number of hydrogen-bond acceptors (Lipinski definition) is 6. The van der Waals surface area contributed by atoms with Crippen LogP contribution in [0.2, 0.25) is 0 Å². The van der Waals surface area contributed by atoms with Crippen molar-refractivity contribution in [2.75, 3.05) is 6.61 Å². The minimum absolute atomic E-state index is 0.119. The van der Waals surface area contributed by atoms with Crippen LogP contribution in [0.15, 0.2) is 48.5 Å². The molecule has 30 heavy (non-hydrogen) atoms. The quantitative estimate of drug-likeness (QED) is 0.341. The molecule has 2 heterocycles. The van der Waals surface area contributed by atoms with E-state index in [2.05, 4.69) is 27.2 Å². The van der Waals surface area contributed by atoms with Crippen molar-refractivity contribution in [2.45, 2.75) is 20.3 Å². The standard InChI is InChI=1S/C23H18N4O3/c1-13-9-14(2)27-23(24-13)25-21(26-27)22(29)30-12-20(28)17-8-7-16-10-15-5-3-4-6-18(15)19(16)11-17/h3-9,11H,10,12H2,1-2H3. The highest BCUT2D eigenvalue weighted by Crippen LogP contribution is 2.36. The monoisotopic (exact) mass is 398 g/mol. The maximum absolute atomic E-state index is 12.6. The molecule has 148 valence electrons. The first-order chi connectivity index (χ1) is 14.5. The zero-order valence-corrected chi connectivity index (χ0v) is 16.5. The normalized spacial score (nSPS) is 11.9. The van der Waals surface area contributed by atoms with Gasteiger partial charge in [-0.1, -0.05) is 36.4 Å². The molecule has 0 radical (unpaired) electrons. The smallest absolute Gasteiger partial charge is 0.378 e. The Hall–Kier alpha value is -3.87. The summed E-state index contributed by atoms with van der Waals surface area (Å²) in [4.78, 5) is 33.3. The molecule has 0 saturated heterocycles. The van der Waals surface area contributed by atoms with Crippen molar-refractivity contribution in [3.63, 3.8) is 0 Å². The number of rotatable bonds is 4. The Morgan fingerprint density at radius 3 is 2.67 bits per heavy atom. The third-order valence-corrected chi connectivity index (χ3v) is 5.26. The minimum Gasteiger partial charge on any atom is -0.451 e. The minimum atomic E-state index is -0.752. The molecule has 0 spiro atoms. The molecular weight excluding hydrogens is 380 g/mol. The topological polar surface area (TPSA) is 86.5 Å². The average molecular weight is 398 g/mol. The SMILES string of the molecule is Cc1cc(C)n2nc(C(=O)OCC(=O)c3ccc4c(c3)-c3ccccc3C4)nc2n1. The van der Waals surface area contributed by atoms with Crippen LogP contribution in [0, 0.1) is 13.8 Å². The van der Waals surface area contributed by atoms with Crippen molar-refractivity contribution in [2.24, 2.45) is 0 Å². The first-order valence-electron chi connectivity index (χ1n) is 9.62. The fourth-order valence-electron chi connectivity index (χ4n) is 3.83. The summed E-state index contributed by atoms with van der Waals surface area (Å²) in [5.41, 5.74) is 6.74. The molecule has 0 saturated carbocycles. The number of hydrogen-bond donors (Lipinski definition) is 0. The Balaban J connectivity index is 1.32. The van der Waals surface area contributed by atoms with Gasteiger partial charge >= 0.3 is 5.97 Å². The lowest BCUT2D eigenvalue weighted by Crippen LogP contribution is -2.15. The molecule has 1 aliphatic rings. The van der Waals surface area contributed by atoms with E-state index in [1.807, 2.05) is 44.2 Å². The summed E-state index contributed by atoms with van der Waals surface area (Å²) < 4.78 is 6.65. The lowest BCUT2D eigenvalue weighted by atomic mass is 10.0. The molecule has 0 atom stereocenters. The summed E-state index contributed by atoms with van der Waals surface area (Å²) in [5, 5.41) is 4.13. The number of carbonyl (C=O) groups is 2. The number of ether oxygens (including phenoxy) is 1. The summed E-state index contributed by atoms with van der Waals surface area (Å²) in [7, 11) is 0. The largest absolute Gasteiger partial charge is 0.451 e. The Bertz CT molecular complexity index is 1340. The zero-order valence-electron chi connectivity index (χ0n) is 16.5. The van der Waals surface area contributed by atoms with Gasteiger partial charge in [-0.3, -0.25) is 4.79 Å². The predicted octanol–water partition coefficient (Wildman–Crippen LogP) is 3.35. The number of esters is 1. The molecule has 5 rings (SSSR count). The molecule has 0 N–H and O–H groups in total. The van der Waals surface area contributed by atoms with Crippen LogP contribution < -0.4 is 0 Å². The van der Waals surface area contributed by atoms with Gasteiger partial charge in [0.1, 0.15) is 0 Å². The zero-order chi connectivity index (χ0) is 20.8. The van der Waals surface area contributed by atoms with Crippen molar-refractivity contribution in [1.29, 1.82) is 0 Å². The summed E-state index contributed by atoms with van der Waals surface area (Å²) in [5.74, 6) is -0.822. The highest BCUT2D eigenvalue weighted by atomic mass is 16.5. The lowest BCUT2D eigenvalue weighted by Gasteiger charge is -2.06. The van der Waals surface area contributed by atoms with Gasteiger partial charge in [0.2, 0.25) is 0 Å². The molecule has 0 fully saturated rings. The number of nitrogens with zero attached hydrogens (tertiary/aromatic N) is 4.